The van der Waals surface area contributed by atoms with Gasteiger partial charge >= 0.3 is 0 Å². The maximum absolute atomic E-state index is 5.21. The van der Waals surface area contributed by atoms with Crippen molar-refractivity contribution in [1.82, 2.24) is 9.97 Å². The Kier molecular flexibility index (Phi) is 3.28. The molecule has 4 heteroatoms. The van der Waals surface area contributed by atoms with Crippen molar-refractivity contribution in [3.8, 4) is 5.88 Å². The molecular weight excluding hydrogens is 255 g/mol. The Hall–Kier alpha value is -0.650. The van der Waals surface area contributed by atoms with Gasteiger partial charge in [0.05, 0.1) is 3.57 Å². The molecule has 0 amide bonds. The fraction of sp³-hybridized carbons (Fsp3) is 0.143. The zero-order valence-corrected chi connectivity index (χ0v) is 7.98. The lowest BCUT2D eigenvalue weighted by Gasteiger charge is -2.01. The van der Waals surface area contributed by atoms with E-state index < -0.39 is 0 Å². The van der Waals surface area contributed by atoms with Gasteiger partial charge in [0.2, 0.25) is 5.88 Å². The molecule has 0 N–H and O–H groups in total. The highest BCUT2D eigenvalue weighted by Gasteiger charge is 1.98. The van der Waals surface area contributed by atoms with Gasteiger partial charge in [-0.25, -0.2) is 9.97 Å². The average Bonchev–Trinajstić information content (AvgIpc) is 2.03. The minimum atomic E-state index is 0.479. The number of halogens is 1. The molecule has 0 aliphatic carbocycles. The Morgan fingerprint density at radius 2 is 2.55 bits per heavy atom. The molecule has 0 spiro atoms. The minimum absolute atomic E-state index is 0.479. The van der Waals surface area contributed by atoms with Crippen molar-refractivity contribution < 1.29 is 4.74 Å². The van der Waals surface area contributed by atoms with Crippen molar-refractivity contribution in [2.24, 2.45) is 0 Å². The van der Waals surface area contributed by atoms with E-state index in [0.717, 1.165) is 3.57 Å². The lowest BCUT2D eigenvalue weighted by molar-refractivity contribution is 0.345. The molecule has 0 fully saturated rings. The van der Waals surface area contributed by atoms with E-state index in [9.17, 15) is 0 Å². The minimum Gasteiger partial charge on any atom is -0.473 e. The van der Waals surface area contributed by atoms with Crippen molar-refractivity contribution in [3.05, 3.63) is 28.7 Å². The van der Waals surface area contributed by atoms with E-state index in [0.29, 0.717) is 12.5 Å². The molecule has 0 unspecified atom stereocenters. The summed E-state index contributed by atoms with van der Waals surface area (Å²) in [4.78, 5) is 7.76. The van der Waals surface area contributed by atoms with E-state index in [4.69, 9.17) is 4.74 Å². The topological polar surface area (TPSA) is 35.0 Å². The Morgan fingerprint density at radius 3 is 3.18 bits per heavy atom. The molecule has 0 aliphatic rings. The molecule has 11 heavy (non-hydrogen) atoms. The zero-order chi connectivity index (χ0) is 8.10. The maximum atomic E-state index is 5.21. The Balaban J connectivity index is 2.69. The first-order valence-electron chi connectivity index (χ1n) is 3.04. The van der Waals surface area contributed by atoms with E-state index in [2.05, 4.69) is 39.1 Å². The van der Waals surface area contributed by atoms with Crippen LogP contribution in [0.25, 0.3) is 0 Å². The Labute approximate surface area is 78.7 Å². The molecule has 1 heterocycles. The summed E-state index contributed by atoms with van der Waals surface area (Å²) in [6, 6.07) is 0. The molecule has 58 valence electrons. The standard InChI is InChI=1S/C7H7IN2O/c1-2-3-11-7-6(8)4-9-5-10-7/h2,4-5H,1,3H2. The summed E-state index contributed by atoms with van der Waals surface area (Å²) in [7, 11) is 0. The van der Waals surface area contributed by atoms with Crippen molar-refractivity contribution in [3.63, 3.8) is 0 Å². The van der Waals surface area contributed by atoms with Crippen LogP contribution in [0.2, 0.25) is 0 Å². The third-order valence-corrected chi connectivity index (χ3v) is 1.71. The van der Waals surface area contributed by atoms with E-state index in [-0.39, 0.29) is 0 Å². The molecule has 0 aromatic carbocycles. The van der Waals surface area contributed by atoms with Crippen molar-refractivity contribution in [2.75, 3.05) is 6.61 Å². The van der Waals surface area contributed by atoms with Crippen molar-refractivity contribution in [2.45, 2.75) is 0 Å². The summed E-state index contributed by atoms with van der Waals surface area (Å²) in [6.07, 6.45) is 4.84. The number of aromatic nitrogens is 2. The van der Waals surface area contributed by atoms with Crippen molar-refractivity contribution >= 4 is 22.6 Å². The normalized spacial score (nSPS) is 9.18. The van der Waals surface area contributed by atoms with Crippen LogP contribution >= 0.6 is 22.6 Å². The van der Waals surface area contributed by atoms with Crippen LogP contribution in [-0.4, -0.2) is 16.6 Å². The third-order valence-electron chi connectivity index (χ3n) is 0.972. The molecule has 1 aromatic heterocycles. The summed E-state index contributed by atoms with van der Waals surface area (Å²) < 4.78 is 6.12. The van der Waals surface area contributed by atoms with Gasteiger partial charge in [0.15, 0.2) is 0 Å². The third kappa shape index (κ3) is 2.45. The molecule has 1 aromatic rings. The summed E-state index contributed by atoms with van der Waals surface area (Å²) in [6.45, 7) is 4.01. The number of rotatable bonds is 3. The fourth-order valence-corrected chi connectivity index (χ4v) is 1.00. The molecule has 0 radical (unpaired) electrons. The first-order valence-corrected chi connectivity index (χ1v) is 4.11. The van der Waals surface area contributed by atoms with Gasteiger partial charge in [0, 0.05) is 6.20 Å². The number of hydrogen-bond donors (Lipinski definition) is 0. The second-order valence-electron chi connectivity index (χ2n) is 1.78. The van der Waals surface area contributed by atoms with Crippen molar-refractivity contribution in [1.29, 1.82) is 0 Å². The van der Waals surface area contributed by atoms with Crippen LogP contribution in [0.4, 0.5) is 0 Å². The predicted octanol–water partition coefficient (Wildman–Crippen LogP) is 1.65. The first-order chi connectivity index (χ1) is 5.34. The van der Waals surface area contributed by atoms with Gasteiger partial charge in [-0.1, -0.05) is 12.7 Å². The predicted molar refractivity (Wildman–Crippen MR) is 50.4 cm³/mol. The van der Waals surface area contributed by atoms with Gasteiger partial charge in [-0.2, -0.15) is 0 Å². The van der Waals surface area contributed by atoms with Crippen LogP contribution in [0, 0.1) is 3.57 Å². The SMILES string of the molecule is C=CCOc1ncncc1I. The van der Waals surface area contributed by atoms with Crippen LogP contribution in [0.3, 0.4) is 0 Å². The summed E-state index contributed by atoms with van der Waals surface area (Å²) in [5.74, 6) is 0.612. The summed E-state index contributed by atoms with van der Waals surface area (Å²) in [5.41, 5.74) is 0. The lowest BCUT2D eigenvalue weighted by atomic mass is 10.6. The highest BCUT2D eigenvalue weighted by Crippen LogP contribution is 2.14. The van der Waals surface area contributed by atoms with Gasteiger partial charge in [0.25, 0.3) is 0 Å². The molecule has 0 saturated carbocycles. The smallest absolute Gasteiger partial charge is 0.230 e. The quantitative estimate of drug-likeness (QED) is 0.613. The Morgan fingerprint density at radius 1 is 1.73 bits per heavy atom. The Bertz CT molecular complexity index is 252. The van der Waals surface area contributed by atoms with Gasteiger partial charge in [0.1, 0.15) is 12.9 Å². The first kappa shape index (κ1) is 8.45. The average molecular weight is 262 g/mol. The zero-order valence-electron chi connectivity index (χ0n) is 5.83. The monoisotopic (exact) mass is 262 g/mol. The highest BCUT2D eigenvalue weighted by molar-refractivity contribution is 14.1. The van der Waals surface area contributed by atoms with E-state index in [1.807, 2.05) is 0 Å². The van der Waals surface area contributed by atoms with Gasteiger partial charge in [-0.15, -0.1) is 0 Å². The summed E-state index contributed by atoms with van der Waals surface area (Å²) >= 11 is 2.12. The maximum Gasteiger partial charge on any atom is 0.230 e. The van der Waals surface area contributed by atoms with Gasteiger partial charge in [-0.3, -0.25) is 0 Å². The van der Waals surface area contributed by atoms with E-state index in [1.165, 1.54) is 6.33 Å². The fourth-order valence-electron chi connectivity index (χ4n) is 0.546. The molecule has 0 atom stereocenters. The highest BCUT2D eigenvalue weighted by atomic mass is 127. The second-order valence-corrected chi connectivity index (χ2v) is 2.94. The van der Waals surface area contributed by atoms with Crippen LogP contribution < -0.4 is 4.74 Å². The molecule has 1 rings (SSSR count). The van der Waals surface area contributed by atoms with Gasteiger partial charge < -0.3 is 4.74 Å². The molecular formula is C7H7IN2O. The van der Waals surface area contributed by atoms with E-state index in [1.54, 1.807) is 12.3 Å². The number of nitrogens with zero attached hydrogens (tertiary/aromatic N) is 2. The summed E-state index contributed by atoms with van der Waals surface area (Å²) in [5, 5.41) is 0. The molecule has 0 saturated heterocycles. The molecule has 0 bridgehead atoms. The van der Waals surface area contributed by atoms with E-state index >= 15 is 0 Å². The molecule has 0 aliphatic heterocycles. The number of ether oxygens (including phenoxy) is 1. The largest absolute Gasteiger partial charge is 0.473 e. The second kappa shape index (κ2) is 4.27. The molecule has 3 nitrogen and oxygen atoms in total. The lowest BCUT2D eigenvalue weighted by Crippen LogP contribution is -1.97. The van der Waals surface area contributed by atoms with Crippen LogP contribution in [-0.2, 0) is 0 Å². The number of hydrogen-bond acceptors (Lipinski definition) is 3. The van der Waals surface area contributed by atoms with Crippen LogP contribution in [0.15, 0.2) is 25.2 Å². The van der Waals surface area contributed by atoms with Crippen LogP contribution in [0.1, 0.15) is 0 Å². The van der Waals surface area contributed by atoms with Crippen LogP contribution in [0.5, 0.6) is 5.88 Å². The van der Waals surface area contributed by atoms with Gasteiger partial charge in [-0.05, 0) is 22.6 Å².